The minimum Gasteiger partial charge on any atom is -0.354 e. The van der Waals surface area contributed by atoms with E-state index < -0.39 is 0 Å². The lowest BCUT2D eigenvalue weighted by Crippen LogP contribution is -2.16. The Morgan fingerprint density at radius 1 is 0.556 bits per heavy atom. The van der Waals surface area contributed by atoms with Crippen LogP contribution in [0.15, 0.2) is 194 Å². The first-order chi connectivity index (χ1) is 26.7. The molecule has 8 aromatic carbocycles. The molecule has 2 N–H and O–H groups in total. The Balaban J connectivity index is 1.07. The SMILES string of the molecule is N=C(c1ccccc1)N1C(c2ccccc2)[N@]1Cc1ccc(Nc2c(-c3ccccc3)c3c(c4ccccc24)c2ccccc2n3-c2ccccc2)cc1. The van der Waals surface area contributed by atoms with Crippen LogP contribution in [-0.4, -0.2) is 20.4 Å². The lowest BCUT2D eigenvalue weighted by molar-refractivity contribution is 0.391. The van der Waals surface area contributed by atoms with Crippen LogP contribution in [0.2, 0.25) is 0 Å². The van der Waals surface area contributed by atoms with Gasteiger partial charge in [-0.1, -0.05) is 164 Å². The molecule has 1 aromatic heterocycles. The fourth-order valence-electron chi connectivity index (χ4n) is 8.09. The largest absolute Gasteiger partial charge is 0.354 e. The fraction of sp³-hybridized carbons (Fsp3) is 0.0408. The fourth-order valence-corrected chi connectivity index (χ4v) is 8.09. The number of hydrogen-bond acceptors (Lipinski definition) is 3. The Hall–Kier alpha value is -6.95. The van der Waals surface area contributed by atoms with Crippen molar-refractivity contribution < 1.29 is 0 Å². The van der Waals surface area contributed by atoms with Gasteiger partial charge >= 0.3 is 0 Å². The second-order valence-corrected chi connectivity index (χ2v) is 13.8. The Labute approximate surface area is 314 Å². The third kappa shape index (κ3) is 5.42. The molecule has 5 heteroatoms. The maximum absolute atomic E-state index is 9.07. The van der Waals surface area contributed by atoms with Crippen LogP contribution in [0.25, 0.3) is 49.4 Å². The number of aromatic nitrogens is 1. The molecule has 0 bridgehead atoms. The second kappa shape index (κ2) is 13.2. The summed E-state index contributed by atoms with van der Waals surface area (Å²) >= 11 is 0. The van der Waals surface area contributed by atoms with E-state index in [1.54, 1.807) is 0 Å². The number of hydrogen-bond donors (Lipinski definition) is 2. The van der Waals surface area contributed by atoms with Gasteiger partial charge in [0, 0.05) is 45.2 Å². The van der Waals surface area contributed by atoms with E-state index in [0.29, 0.717) is 12.4 Å². The quantitative estimate of drug-likeness (QED) is 0.0945. The normalized spacial score (nSPS) is 15.1. The molecule has 0 amide bonds. The molecule has 2 atom stereocenters. The van der Waals surface area contributed by atoms with E-state index in [1.165, 1.54) is 49.3 Å². The molecule has 1 saturated heterocycles. The summed E-state index contributed by atoms with van der Waals surface area (Å²) in [5.41, 5.74) is 11.2. The number of hydrazine groups is 1. The highest BCUT2D eigenvalue weighted by molar-refractivity contribution is 6.29. The van der Waals surface area contributed by atoms with Crippen molar-refractivity contribution in [3.8, 4) is 16.8 Å². The van der Waals surface area contributed by atoms with Gasteiger partial charge in [-0.2, -0.15) is 5.01 Å². The van der Waals surface area contributed by atoms with Crippen LogP contribution in [-0.2, 0) is 6.54 Å². The zero-order chi connectivity index (χ0) is 36.0. The van der Waals surface area contributed by atoms with Crippen LogP contribution < -0.4 is 5.32 Å². The molecule has 9 aromatic rings. The average Bonchev–Trinajstić information content (AvgIpc) is 3.85. The van der Waals surface area contributed by atoms with E-state index >= 15 is 0 Å². The predicted molar refractivity (Wildman–Crippen MR) is 223 cm³/mol. The summed E-state index contributed by atoms with van der Waals surface area (Å²) in [4.78, 5) is 0. The molecule has 0 radical (unpaired) electrons. The monoisotopic (exact) mass is 695 g/mol. The van der Waals surface area contributed by atoms with E-state index in [1.807, 2.05) is 36.4 Å². The van der Waals surface area contributed by atoms with E-state index in [2.05, 4.69) is 178 Å². The zero-order valence-corrected chi connectivity index (χ0v) is 29.6. The molecule has 10 rings (SSSR count). The van der Waals surface area contributed by atoms with Crippen molar-refractivity contribution in [3.05, 3.63) is 211 Å². The summed E-state index contributed by atoms with van der Waals surface area (Å²) in [6, 6.07) is 68.3. The summed E-state index contributed by atoms with van der Waals surface area (Å²) in [6.07, 6.45) is 0.0135. The second-order valence-electron chi connectivity index (χ2n) is 13.8. The third-order valence-electron chi connectivity index (χ3n) is 10.6. The van der Waals surface area contributed by atoms with Crippen LogP contribution in [0.5, 0.6) is 0 Å². The minimum absolute atomic E-state index is 0.0135. The lowest BCUT2D eigenvalue weighted by Gasteiger charge is -2.20. The average molecular weight is 696 g/mol. The summed E-state index contributed by atoms with van der Waals surface area (Å²) in [5, 5.41) is 22.2. The van der Waals surface area contributed by atoms with Gasteiger partial charge in [-0.05, 0) is 52.4 Å². The topological polar surface area (TPSA) is 46.8 Å². The van der Waals surface area contributed by atoms with Crippen LogP contribution in [0.4, 0.5) is 11.4 Å². The lowest BCUT2D eigenvalue weighted by atomic mass is 9.93. The number of benzene rings is 8. The first kappa shape index (κ1) is 31.8. The molecule has 2 heterocycles. The van der Waals surface area contributed by atoms with Crippen molar-refractivity contribution >= 4 is 49.8 Å². The molecule has 54 heavy (non-hydrogen) atoms. The van der Waals surface area contributed by atoms with Gasteiger partial charge in [0.05, 0.1) is 16.7 Å². The molecular weight excluding hydrogens is 659 g/mol. The van der Waals surface area contributed by atoms with E-state index in [0.717, 1.165) is 28.2 Å². The number of nitrogens with zero attached hydrogens (tertiary/aromatic N) is 3. The van der Waals surface area contributed by atoms with E-state index in [4.69, 9.17) is 5.41 Å². The van der Waals surface area contributed by atoms with Crippen molar-refractivity contribution in [2.24, 2.45) is 0 Å². The highest BCUT2D eigenvalue weighted by Gasteiger charge is 2.48. The molecule has 0 aliphatic carbocycles. The van der Waals surface area contributed by atoms with Crippen LogP contribution in [0.3, 0.4) is 0 Å². The molecule has 258 valence electrons. The number of para-hydroxylation sites is 2. The Morgan fingerprint density at radius 3 is 1.83 bits per heavy atom. The van der Waals surface area contributed by atoms with Gasteiger partial charge in [0.15, 0.2) is 0 Å². The van der Waals surface area contributed by atoms with Crippen molar-refractivity contribution in [1.82, 2.24) is 14.6 Å². The summed E-state index contributed by atoms with van der Waals surface area (Å²) in [7, 11) is 0. The Morgan fingerprint density at radius 2 is 1.13 bits per heavy atom. The summed E-state index contributed by atoms with van der Waals surface area (Å²) < 4.78 is 2.43. The van der Waals surface area contributed by atoms with Gasteiger partial charge in [0.25, 0.3) is 0 Å². The maximum atomic E-state index is 9.07. The number of amidine groups is 1. The summed E-state index contributed by atoms with van der Waals surface area (Å²) in [5.74, 6) is 0.506. The highest BCUT2D eigenvalue weighted by atomic mass is 15.9. The first-order valence-electron chi connectivity index (χ1n) is 18.4. The van der Waals surface area contributed by atoms with Gasteiger partial charge in [0.2, 0.25) is 0 Å². The molecule has 1 unspecified atom stereocenters. The van der Waals surface area contributed by atoms with Gasteiger partial charge in [-0.25, -0.2) is 0 Å². The maximum Gasteiger partial charge on any atom is 0.144 e. The number of rotatable bonds is 8. The standard InChI is InChI=1S/C49H37N5/c50-48(36-19-7-2-8-20-36)54-49(37-21-9-3-10-22-37)52(54)33-34-29-31-38(32-30-34)51-46-41-26-14-13-25-40(41)45-42-27-15-16-28-43(42)53(39-23-11-4-12-24-39)47(45)44(46)35-17-5-1-6-18-35/h1-32,49-51H,33H2/t49?,52-,54?/m0/s1. The van der Waals surface area contributed by atoms with Crippen LogP contribution in [0, 0.1) is 5.41 Å². The van der Waals surface area contributed by atoms with Crippen molar-refractivity contribution in [3.63, 3.8) is 0 Å². The van der Waals surface area contributed by atoms with Gasteiger partial charge in [-0.3, -0.25) is 10.4 Å². The molecule has 5 nitrogen and oxygen atoms in total. The Kier molecular flexibility index (Phi) is 7.78. The highest BCUT2D eigenvalue weighted by Crippen LogP contribution is 2.48. The molecule has 0 saturated carbocycles. The zero-order valence-electron chi connectivity index (χ0n) is 29.6. The van der Waals surface area contributed by atoms with Gasteiger partial charge in [0.1, 0.15) is 12.0 Å². The van der Waals surface area contributed by atoms with E-state index in [-0.39, 0.29) is 6.17 Å². The van der Waals surface area contributed by atoms with Gasteiger partial charge < -0.3 is 9.88 Å². The number of nitrogens with one attached hydrogen (secondary N) is 2. The van der Waals surface area contributed by atoms with Crippen molar-refractivity contribution in [2.75, 3.05) is 5.32 Å². The minimum atomic E-state index is 0.0135. The van der Waals surface area contributed by atoms with Crippen LogP contribution >= 0.6 is 0 Å². The van der Waals surface area contributed by atoms with Crippen LogP contribution in [0.1, 0.15) is 22.9 Å². The molecule has 1 fully saturated rings. The molecule has 1 aliphatic heterocycles. The Bertz CT molecular complexity index is 2780. The van der Waals surface area contributed by atoms with E-state index in [9.17, 15) is 0 Å². The number of fused-ring (bicyclic) bond motifs is 5. The summed E-state index contributed by atoms with van der Waals surface area (Å²) in [6.45, 7) is 0.691. The van der Waals surface area contributed by atoms with Gasteiger partial charge in [-0.15, -0.1) is 0 Å². The molecule has 0 spiro atoms. The smallest absolute Gasteiger partial charge is 0.144 e. The predicted octanol–water partition coefficient (Wildman–Crippen LogP) is 12.1. The molecular formula is C49H37N5. The third-order valence-corrected chi connectivity index (χ3v) is 10.6. The van der Waals surface area contributed by atoms with Crippen molar-refractivity contribution in [1.29, 1.82) is 5.41 Å². The number of anilines is 2. The van der Waals surface area contributed by atoms with Crippen molar-refractivity contribution in [2.45, 2.75) is 12.7 Å². The first-order valence-corrected chi connectivity index (χ1v) is 18.4. The molecule has 1 aliphatic rings.